The third-order valence-electron chi connectivity index (χ3n) is 5.14. The van der Waals surface area contributed by atoms with E-state index in [2.05, 4.69) is 64.6 Å². The Balaban J connectivity index is 1.59. The minimum Gasteiger partial charge on any atom is -0.496 e. The topological polar surface area (TPSA) is 55.6 Å². The number of carbonyl (C=O) groups is 1. The van der Waals surface area contributed by atoms with Gasteiger partial charge in [0.1, 0.15) is 5.75 Å². The van der Waals surface area contributed by atoms with E-state index < -0.39 is 0 Å². The van der Waals surface area contributed by atoms with E-state index in [0.29, 0.717) is 11.3 Å². The summed E-state index contributed by atoms with van der Waals surface area (Å²) in [6, 6.07) is 23.6. The Morgan fingerprint density at radius 3 is 2.60 bits per heavy atom. The Morgan fingerprint density at radius 2 is 1.77 bits per heavy atom. The molecule has 3 aromatic carbocycles. The van der Waals surface area contributed by atoms with Gasteiger partial charge >= 0.3 is 0 Å². The van der Waals surface area contributed by atoms with Gasteiger partial charge in [-0.2, -0.15) is 5.10 Å². The van der Waals surface area contributed by atoms with E-state index in [1.807, 2.05) is 18.2 Å². The Morgan fingerprint density at radius 1 is 1.03 bits per heavy atom. The van der Waals surface area contributed by atoms with Crippen molar-refractivity contribution in [2.24, 2.45) is 5.10 Å². The fraction of sp³-hybridized carbons (Fsp3) is 0.120. The Labute approximate surface area is 175 Å². The lowest BCUT2D eigenvalue weighted by atomic mass is 10.1. The molecule has 0 fully saturated rings. The van der Waals surface area contributed by atoms with Gasteiger partial charge in [0.15, 0.2) is 0 Å². The molecule has 0 aliphatic carbocycles. The Bertz CT molecular complexity index is 1220. The number of amides is 1. The van der Waals surface area contributed by atoms with E-state index in [-0.39, 0.29) is 5.91 Å². The number of nitrogens with zero attached hydrogens (tertiary/aromatic N) is 2. The van der Waals surface area contributed by atoms with Gasteiger partial charge in [-0.1, -0.05) is 54.6 Å². The predicted octanol–water partition coefficient (Wildman–Crippen LogP) is 4.77. The summed E-state index contributed by atoms with van der Waals surface area (Å²) in [6.07, 6.45) is 3.75. The average Bonchev–Trinajstić information content (AvgIpc) is 3.13. The van der Waals surface area contributed by atoms with Crippen LogP contribution in [0.4, 0.5) is 0 Å². The summed E-state index contributed by atoms with van der Waals surface area (Å²) in [5, 5.41) is 5.27. The molecule has 1 N–H and O–H groups in total. The van der Waals surface area contributed by atoms with E-state index in [1.165, 1.54) is 11.1 Å². The maximum absolute atomic E-state index is 12.5. The molecule has 1 amide bonds. The van der Waals surface area contributed by atoms with Crippen LogP contribution in [0.15, 0.2) is 84.1 Å². The number of nitrogens with one attached hydrogen (secondary N) is 1. The molecule has 5 heteroatoms. The molecule has 4 aromatic rings. The number of hydrogen-bond acceptors (Lipinski definition) is 3. The van der Waals surface area contributed by atoms with Crippen molar-refractivity contribution in [3.8, 4) is 5.75 Å². The van der Waals surface area contributed by atoms with Crippen LogP contribution in [0.25, 0.3) is 10.9 Å². The van der Waals surface area contributed by atoms with Gasteiger partial charge in [0, 0.05) is 29.2 Å². The van der Waals surface area contributed by atoms with Crippen molar-refractivity contribution in [3.63, 3.8) is 0 Å². The lowest BCUT2D eigenvalue weighted by molar-refractivity contribution is 0.0952. The predicted molar refractivity (Wildman–Crippen MR) is 120 cm³/mol. The van der Waals surface area contributed by atoms with Gasteiger partial charge in [-0.25, -0.2) is 5.43 Å². The van der Waals surface area contributed by atoms with Gasteiger partial charge in [0.2, 0.25) is 0 Å². The summed E-state index contributed by atoms with van der Waals surface area (Å²) in [5.41, 5.74) is 7.64. The van der Waals surface area contributed by atoms with Crippen LogP contribution in [0.1, 0.15) is 27.0 Å². The molecule has 0 unspecified atom stereocenters. The van der Waals surface area contributed by atoms with Crippen LogP contribution >= 0.6 is 0 Å². The summed E-state index contributed by atoms with van der Waals surface area (Å²) in [5.74, 6) is 0.201. The normalized spacial score (nSPS) is 11.1. The highest BCUT2D eigenvalue weighted by atomic mass is 16.5. The lowest BCUT2D eigenvalue weighted by Gasteiger charge is -2.08. The zero-order chi connectivity index (χ0) is 20.9. The van der Waals surface area contributed by atoms with E-state index in [1.54, 1.807) is 31.5 Å². The van der Waals surface area contributed by atoms with Gasteiger partial charge < -0.3 is 9.30 Å². The SMILES string of the molecule is COc1ccccc1C(=O)N/N=C\c1cn(Cc2ccccc2C)c2ccccc12. The molecule has 0 bridgehead atoms. The molecule has 1 aromatic heterocycles. The standard InChI is InChI=1S/C25H23N3O2/c1-18-9-3-4-10-19(18)16-28-17-20(21-11-5-7-13-23(21)28)15-26-27-25(29)22-12-6-8-14-24(22)30-2/h3-15,17H,16H2,1-2H3,(H,27,29)/b26-15-. The van der Waals surface area contributed by atoms with E-state index in [9.17, 15) is 4.79 Å². The molecule has 0 aliphatic rings. The van der Waals surface area contributed by atoms with Crippen LogP contribution in [0, 0.1) is 6.92 Å². The second-order valence-electron chi connectivity index (χ2n) is 7.06. The van der Waals surface area contributed by atoms with Gasteiger partial charge in [-0.3, -0.25) is 4.79 Å². The molecule has 5 nitrogen and oxygen atoms in total. The monoisotopic (exact) mass is 397 g/mol. The number of methoxy groups -OCH3 is 1. The van der Waals surface area contributed by atoms with Gasteiger partial charge in [-0.15, -0.1) is 0 Å². The van der Waals surface area contributed by atoms with Crippen molar-refractivity contribution < 1.29 is 9.53 Å². The quantitative estimate of drug-likeness (QED) is 0.376. The fourth-order valence-corrected chi connectivity index (χ4v) is 3.53. The molecule has 0 saturated heterocycles. The van der Waals surface area contributed by atoms with Crippen LogP contribution in [-0.2, 0) is 6.54 Å². The zero-order valence-corrected chi connectivity index (χ0v) is 17.0. The third-order valence-corrected chi connectivity index (χ3v) is 5.14. The minimum atomic E-state index is -0.313. The molecule has 150 valence electrons. The lowest BCUT2D eigenvalue weighted by Crippen LogP contribution is -2.18. The van der Waals surface area contributed by atoms with Crippen LogP contribution in [0.2, 0.25) is 0 Å². The first-order valence-electron chi connectivity index (χ1n) is 9.76. The zero-order valence-electron chi connectivity index (χ0n) is 17.0. The number of rotatable bonds is 6. The first kappa shape index (κ1) is 19.5. The molecule has 4 rings (SSSR count). The number of aryl methyl sites for hydroxylation is 1. The van der Waals surface area contributed by atoms with Crippen molar-refractivity contribution in [2.75, 3.05) is 7.11 Å². The van der Waals surface area contributed by atoms with Crippen molar-refractivity contribution in [1.82, 2.24) is 9.99 Å². The number of hydrazone groups is 1. The van der Waals surface area contributed by atoms with Crippen molar-refractivity contribution >= 4 is 23.0 Å². The molecule has 30 heavy (non-hydrogen) atoms. The average molecular weight is 397 g/mol. The largest absolute Gasteiger partial charge is 0.496 e. The first-order valence-corrected chi connectivity index (χ1v) is 9.76. The van der Waals surface area contributed by atoms with Gasteiger partial charge in [-0.05, 0) is 36.2 Å². The number of fused-ring (bicyclic) bond motifs is 1. The highest BCUT2D eigenvalue weighted by molar-refractivity contribution is 6.01. The maximum Gasteiger partial charge on any atom is 0.275 e. The van der Waals surface area contributed by atoms with Crippen molar-refractivity contribution in [1.29, 1.82) is 0 Å². The third kappa shape index (κ3) is 3.96. The number of aromatic nitrogens is 1. The van der Waals surface area contributed by atoms with Crippen LogP contribution in [0.5, 0.6) is 5.75 Å². The Kier molecular flexibility index (Phi) is 5.61. The maximum atomic E-state index is 12.5. The van der Waals surface area contributed by atoms with E-state index in [4.69, 9.17) is 4.74 Å². The molecule has 0 saturated carbocycles. The molecule has 0 spiro atoms. The van der Waals surface area contributed by atoms with E-state index in [0.717, 1.165) is 23.0 Å². The number of hydrogen-bond donors (Lipinski definition) is 1. The smallest absolute Gasteiger partial charge is 0.275 e. The fourth-order valence-electron chi connectivity index (χ4n) is 3.53. The van der Waals surface area contributed by atoms with E-state index >= 15 is 0 Å². The number of para-hydroxylation sites is 2. The molecule has 0 aliphatic heterocycles. The summed E-state index contributed by atoms with van der Waals surface area (Å²) >= 11 is 0. The summed E-state index contributed by atoms with van der Waals surface area (Å²) in [6.45, 7) is 2.89. The second-order valence-corrected chi connectivity index (χ2v) is 7.06. The highest BCUT2D eigenvalue weighted by Gasteiger charge is 2.11. The van der Waals surface area contributed by atoms with Crippen LogP contribution < -0.4 is 10.2 Å². The number of carbonyl (C=O) groups excluding carboxylic acids is 1. The molecule has 0 radical (unpaired) electrons. The van der Waals surface area contributed by atoms with Crippen LogP contribution in [0.3, 0.4) is 0 Å². The van der Waals surface area contributed by atoms with Gasteiger partial charge in [0.25, 0.3) is 5.91 Å². The molecule has 0 atom stereocenters. The minimum absolute atomic E-state index is 0.313. The highest BCUT2D eigenvalue weighted by Crippen LogP contribution is 2.22. The number of benzene rings is 3. The second kappa shape index (κ2) is 8.66. The van der Waals surface area contributed by atoms with Crippen molar-refractivity contribution in [2.45, 2.75) is 13.5 Å². The summed E-state index contributed by atoms with van der Waals surface area (Å²) in [7, 11) is 1.54. The molecule has 1 heterocycles. The number of ether oxygens (including phenoxy) is 1. The summed E-state index contributed by atoms with van der Waals surface area (Å²) < 4.78 is 7.45. The van der Waals surface area contributed by atoms with Crippen molar-refractivity contribution in [3.05, 3.63) is 101 Å². The molecular weight excluding hydrogens is 374 g/mol. The first-order chi connectivity index (χ1) is 14.7. The van der Waals surface area contributed by atoms with Gasteiger partial charge in [0.05, 0.1) is 18.9 Å². The Hall–Kier alpha value is -3.86. The summed E-state index contributed by atoms with van der Waals surface area (Å²) in [4.78, 5) is 12.5. The molecular formula is C25H23N3O2. The van der Waals surface area contributed by atoms with Crippen LogP contribution in [-0.4, -0.2) is 23.8 Å².